The van der Waals surface area contributed by atoms with Gasteiger partial charge in [0.2, 0.25) is 0 Å². The third kappa shape index (κ3) is 6.06. The van der Waals surface area contributed by atoms with Crippen molar-refractivity contribution >= 4 is 11.6 Å². The molecule has 3 rings (SSSR count). The summed E-state index contributed by atoms with van der Waals surface area (Å²) in [6.07, 6.45) is 0.784. The molecule has 8 heteroatoms. The van der Waals surface area contributed by atoms with Crippen LogP contribution >= 0.6 is 0 Å². The third-order valence-corrected chi connectivity index (χ3v) is 5.09. The number of carbonyl (C=O) groups is 1. The summed E-state index contributed by atoms with van der Waals surface area (Å²) in [5, 5.41) is 2.78. The number of carbonyl (C=O) groups excluding carboxylic acids is 1. The number of nitrogens with one attached hydrogen (secondary N) is 1. The third-order valence-electron chi connectivity index (χ3n) is 5.09. The second kappa shape index (κ2) is 10.8. The molecule has 1 heterocycles. The van der Waals surface area contributed by atoms with Gasteiger partial charge < -0.3 is 19.7 Å². The van der Waals surface area contributed by atoms with Crippen molar-refractivity contribution < 1.29 is 23.0 Å². The van der Waals surface area contributed by atoms with Gasteiger partial charge in [0.15, 0.2) is 0 Å². The molecule has 1 fully saturated rings. The lowest BCUT2D eigenvalue weighted by atomic mass is 10.2. The predicted octanol–water partition coefficient (Wildman–Crippen LogP) is 3.24. The van der Waals surface area contributed by atoms with Gasteiger partial charge in [0.1, 0.15) is 11.5 Å². The van der Waals surface area contributed by atoms with Crippen molar-refractivity contribution in [1.29, 1.82) is 0 Å². The van der Waals surface area contributed by atoms with E-state index in [4.69, 9.17) is 4.74 Å². The Bertz CT molecular complexity index is 810. The highest BCUT2D eigenvalue weighted by molar-refractivity contribution is 5.96. The van der Waals surface area contributed by atoms with Crippen LogP contribution in [-0.4, -0.2) is 63.8 Å². The molecule has 0 bridgehead atoms. The van der Waals surface area contributed by atoms with Crippen LogP contribution in [0.25, 0.3) is 0 Å². The van der Waals surface area contributed by atoms with Crippen molar-refractivity contribution in [2.45, 2.75) is 13.0 Å². The maximum atomic E-state index is 12.5. The monoisotopic (exact) mass is 419 g/mol. The van der Waals surface area contributed by atoms with Crippen LogP contribution in [-0.2, 0) is 0 Å². The normalized spacial score (nSPS) is 14.6. The molecule has 6 nitrogen and oxygen atoms in total. The standard InChI is InChI=1S/C22H27F2N3O3/c1-29-18-9-7-17(8-10-18)27-15-13-26(14-16-27)12-4-11-25-21(28)19-5-2-3-6-20(19)30-22(23)24/h2-3,5-10,22H,4,11-16H2,1H3,(H,25,28). The number of halogens is 2. The summed E-state index contributed by atoms with van der Waals surface area (Å²) >= 11 is 0. The molecule has 2 aromatic carbocycles. The molecule has 1 aliphatic heterocycles. The molecule has 0 radical (unpaired) electrons. The van der Waals surface area contributed by atoms with E-state index in [9.17, 15) is 13.6 Å². The first-order valence-corrected chi connectivity index (χ1v) is 10.00. The number of ether oxygens (including phenoxy) is 2. The van der Waals surface area contributed by atoms with E-state index in [1.54, 1.807) is 19.2 Å². The number of amides is 1. The van der Waals surface area contributed by atoms with Gasteiger partial charge in [-0.3, -0.25) is 9.69 Å². The number of para-hydroxylation sites is 1. The second-order valence-corrected chi connectivity index (χ2v) is 7.01. The van der Waals surface area contributed by atoms with Gasteiger partial charge in [0.25, 0.3) is 5.91 Å². The summed E-state index contributed by atoms with van der Waals surface area (Å²) in [4.78, 5) is 17.0. The fraction of sp³-hybridized carbons (Fsp3) is 0.409. The molecule has 30 heavy (non-hydrogen) atoms. The minimum Gasteiger partial charge on any atom is -0.497 e. The summed E-state index contributed by atoms with van der Waals surface area (Å²) in [5.74, 6) is 0.332. The summed E-state index contributed by atoms with van der Waals surface area (Å²) < 4.78 is 34.6. The van der Waals surface area contributed by atoms with E-state index in [-0.39, 0.29) is 11.3 Å². The van der Waals surface area contributed by atoms with Crippen LogP contribution in [0.1, 0.15) is 16.8 Å². The van der Waals surface area contributed by atoms with E-state index >= 15 is 0 Å². The van der Waals surface area contributed by atoms with Gasteiger partial charge in [-0.2, -0.15) is 8.78 Å². The minimum atomic E-state index is -2.96. The first-order chi connectivity index (χ1) is 14.6. The molecule has 0 aliphatic carbocycles. The Morgan fingerprint density at radius 3 is 2.43 bits per heavy atom. The van der Waals surface area contributed by atoms with Gasteiger partial charge in [-0.1, -0.05) is 12.1 Å². The number of nitrogens with zero attached hydrogens (tertiary/aromatic N) is 2. The molecule has 0 saturated carbocycles. The Morgan fingerprint density at radius 2 is 1.77 bits per heavy atom. The maximum absolute atomic E-state index is 12.5. The van der Waals surface area contributed by atoms with Gasteiger partial charge in [0, 0.05) is 38.4 Å². The number of piperazine rings is 1. The van der Waals surface area contributed by atoms with Crippen molar-refractivity contribution in [3.63, 3.8) is 0 Å². The van der Waals surface area contributed by atoms with Crippen LogP contribution in [0.4, 0.5) is 14.5 Å². The van der Waals surface area contributed by atoms with E-state index in [2.05, 4.69) is 32.0 Å². The zero-order valence-corrected chi connectivity index (χ0v) is 17.0. The van der Waals surface area contributed by atoms with Crippen LogP contribution in [0.3, 0.4) is 0 Å². The van der Waals surface area contributed by atoms with Gasteiger partial charge in [-0.05, 0) is 49.4 Å². The van der Waals surface area contributed by atoms with Gasteiger partial charge in [0.05, 0.1) is 12.7 Å². The lowest BCUT2D eigenvalue weighted by molar-refractivity contribution is -0.0501. The highest BCUT2D eigenvalue weighted by Gasteiger charge is 2.18. The lowest BCUT2D eigenvalue weighted by Crippen LogP contribution is -2.47. The molecule has 0 unspecified atom stereocenters. The Morgan fingerprint density at radius 1 is 1.07 bits per heavy atom. The first-order valence-electron chi connectivity index (χ1n) is 10.00. The minimum absolute atomic E-state index is 0.111. The average molecular weight is 419 g/mol. The fourth-order valence-electron chi connectivity index (χ4n) is 3.48. The second-order valence-electron chi connectivity index (χ2n) is 7.01. The SMILES string of the molecule is COc1ccc(N2CCN(CCCNC(=O)c3ccccc3OC(F)F)CC2)cc1. The van der Waals surface area contributed by atoms with Gasteiger partial charge >= 0.3 is 6.61 Å². The fourth-order valence-corrected chi connectivity index (χ4v) is 3.48. The maximum Gasteiger partial charge on any atom is 0.387 e. The Kier molecular flexibility index (Phi) is 7.84. The molecule has 2 aromatic rings. The molecule has 0 aromatic heterocycles. The van der Waals surface area contributed by atoms with Crippen LogP contribution in [0, 0.1) is 0 Å². The van der Waals surface area contributed by atoms with Crippen molar-refractivity contribution in [3.05, 3.63) is 54.1 Å². The predicted molar refractivity (Wildman–Crippen MR) is 112 cm³/mol. The Balaban J connectivity index is 1.38. The van der Waals surface area contributed by atoms with Crippen LogP contribution < -0.4 is 19.7 Å². The average Bonchev–Trinajstić information content (AvgIpc) is 2.77. The summed E-state index contributed by atoms with van der Waals surface area (Å²) in [6.45, 7) is 2.16. The van der Waals surface area contributed by atoms with Crippen molar-refractivity contribution in [2.24, 2.45) is 0 Å². The van der Waals surface area contributed by atoms with Crippen LogP contribution in [0.5, 0.6) is 11.5 Å². The van der Waals surface area contributed by atoms with Crippen molar-refractivity contribution in [2.75, 3.05) is 51.3 Å². The molecule has 0 spiro atoms. The molecular weight excluding hydrogens is 392 g/mol. The van der Waals surface area contributed by atoms with E-state index in [0.717, 1.165) is 44.9 Å². The van der Waals surface area contributed by atoms with E-state index in [1.165, 1.54) is 17.8 Å². The number of methoxy groups -OCH3 is 1. The van der Waals surface area contributed by atoms with Crippen LogP contribution in [0.15, 0.2) is 48.5 Å². The molecule has 162 valence electrons. The first kappa shape index (κ1) is 21.8. The van der Waals surface area contributed by atoms with Crippen molar-refractivity contribution in [1.82, 2.24) is 10.2 Å². The number of alkyl halides is 2. The molecule has 1 saturated heterocycles. The lowest BCUT2D eigenvalue weighted by Gasteiger charge is -2.36. The zero-order chi connectivity index (χ0) is 21.3. The largest absolute Gasteiger partial charge is 0.497 e. The van der Waals surface area contributed by atoms with Gasteiger partial charge in [-0.25, -0.2) is 0 Å². The molecule has 1 amide bonds. The van der Waals surface area contributed by atoms with E-state index in [1.807, 2.05) is 12.1 Å². The molecular formula is C22H27F2N3O3. The van der Waals surface area contributed by atoms with Gasteiger partial charge in [-0.15, -0.1) is 0 Å². The summed E-state index contributed by atoms with van der Waals surface area (Å²) in [6, 6.07) is 14.1. The summed E-state index contributed by atoms with van der Waals surface area (Å²) in [7, 11) is 1.66. The highest BCUT2D eigenvalue weighted by Crippen LogP contribution is 2.21. The Hall–Kier alpha value is -2.87. The van der Waals surface area contributed by atoms with E-state index < -0.39 is 12.5 Å². The van der Waals surface area contributed by atoms with Crippen LogP contribution in [0.2, 0.25) is 0 Å². The number of anilines is 1. The van der Waals surface area contributed by atoms with E-state index in [0.29, 0.717) is 6.54 Å². The molecule has 1 N–H and O–H groups in total. The smallest absolute Gasteiger partial charge is 0.387 e. The number of hydrogen-bond acceptors (Lipinski definition) is 5. The highest BCUT2D eigenvalue weighted by atomic mass is 19.3. The molecule has 0 atom stereocenters. The quantitative estimate of drug-likeness (QED) is 0.633. The number of hydrogen-bond donors (Lipinski definition) is 1. The van der Waals surface area contributed by atoms with Crippen molar-refractivity contribution in [3.8, 4) is 11.5 Å². The number of rotatable bonds is 9. The Labute approximate surface area is 175 Å². The summed E-state index contributed by atoms with van der Waals surface area (Å²) in [5.41, 5.74) is 1.30. The number of benzene rings is 2. The zero-order valence-electron chi connectivity index (χ0n) is 17.0. The topological polar surface area (TPSA) is 54.0 Å². The molecule has 1 aliphatic rings.